The summed E-state index contributed by atoms with van der Waals surface area (Å²) in [5.74, 6) is -4.28. The largest absolute Gasteiger partial charge is 0.479 e. The smallest absolute Gasteiger partial charge is 0.345 e. The predicted molar refractivity (Wildman–Crippen MR) is 40.0 cm³/mol. The quantitative estimate of drug-likeness (QED) is 0.332. The van der Waals surface area contributed by atoms with Crippen LogP contribution < -0.4 is 0 Å². The van der Waals surface area contributed by atoms with Crippen molar-refractivity contribution in [1.82, 2.24) is 0 Å². The second kappa shape index (κ2) is 6.02. The molecular formula is C6H10O8. The van der Waals surface area contributed by atoms with Gasteiger partial charge in [0.1, 0.15) is 0 Å². The summed E-state index contributed by atoms with van der Waals surface area (Å²) in [6.07, 6.45) is -4.56. The van der Waals surface area contributed by atoms with Crippen LogP contribution in [0.2, 0.25) is 0 Å². The number of carbonyl (C=O) groups excluding carboxylic acids is 2. The molecular weight excluding hydrogens is 200 g/mol. The SMILES string of the molecule is CC(=O)OC(=O)C(O)C(O)C(=O)O.O. The van der Waals surface area contributed by atoms with Crippen LogP contribution in [0.4, 0.5) is 0 Å². The van der Waals surface area contributed by atoms with Crippen molar-refractivity contribution in [2.45, 2.75) is 19.1 Å². The van der Waals surface area contributed by atoms with Gasteiger partial charge in [0.05, 0.1) is 0 Å². The maximum absolute atomic E-state index is 10.6. The Hall–Kier alpha value is -1.51. The van der Waals surface area contributed by atoms with Crippen LogP contribution in [-0.2, 0) is 19.1 Å². The fraction of sp³-hybridized carbons (Fsp3) is 0.500. The van der Waals surface area contributed by atoms with Gasteiger partial charge in [-0.3, -0.25) is 4.79 Å². The molecule has 2 atom stereocenters. The van der Waals surface area contributed by atoms with Crippen LogP contribution in [0.3, 0.4) is 0 Å². The van der Waals surface area contributed by atoms with Crippen LogP contribution in [0.1, 0.15) is 6.92 Å². The first-order valence-corrected chi connectivity index (χ1v) is 3.17. The molecule has 0 rings (SSSR count). The average molecular weight is 210 g/mol. The van der Waals surface area contributed by atoms with Gasteiger partial charge in [-0.2, -0.15) is 0 Å². The molecule has 8 nitrogen and oxygen atoms in total. The highest BCUT2D eigenvalue weighted by atomic mass is 16.6. The minimum Gasteiger partial charge on any atom is -0.479 e. The Morgan fingerprint density at radius 1 is 1.14 bits per heavy atom. The minimum absolute atomic E-state index is 0. The Bertz CT molecular complexity index is 234. The van der Waals surface area contributed by atoms with Crippen LogP contribution in [0.25, 0.3) is 0 Å². The van der Waals surface area contributed by atoms with Gasteiger partial charge in [-0.15, -0.1) is 0 Å². The number of hydrogen-bond acceptors (Lipinski definition) is 6. The first-order valence-electron chi connectivity index (χ1n) is 3.17. The molecule has 82 valence electrons. The first kappa shape index (κ1) is 15.0. The summed E-state index contributed by atoms with van der Waals surface area (Å²) in [4.78, 5) is 30.8. The summed E-state index contributed by atoms with van der Waals surface area (Å²) in [5, 5.41) is 25.5. The number of esters is 2. The van der Waals surface area contributed by atoms with Gasteiger partial charge in [0.15, 0.2) is 12.2 Å². The van der Waals surface area contributed by atoms with Crippen LogP contribution in [0.5, 0.6) is 0 Å². The van der Waals surface area contributed by atoms with E-state index in [0.29, 0.717) is 0 Å². The second-order valence-corrected chi connectivity index (χ2v) is 2.14. The lowest BCUT2D eigenvalue weighted by Crippen LogP contribution is -2.41. The van der Waals surface area contributed by atoms with Crippen molar-refractivity contribution in [3.63, 3.8) is 0 Å². The molecule has 0 aliphatic carbocycles. The van der Waals surface area contributed by atoms with Crippen LogP contribution >= 0.6 is 0 Å². The monoisotopic (exact) mass is 210 g/mol. The van der Waals surface area contributed by atoms with Crippen molar-refractivity contribution in [2.75, 3.05) is 0 Å². The zero-order valence-corrected chi connectivity index (χ0v) is 7.13. The highest BCUT2D eigenvalue weighted by Crippen LogP contribution is 1.97. The number of aliphatic hydroxyl groups excluding tert-OH is 2. The Morgan fingerprint density at radius 2 is 1.57 bits per heavy atom. The van der Waals surface area contributed by atoms with Crippen LogP contribution in [-0.4, -0.2) is 50.9 Å². The van der Waals surface area contributed by atoms with Crippen molar-refractivity contribution in [3.05, 3.63) is 0 Å². The molecule has 0 amide bonds. The molecule has 0 bridgehead atoms. The lowest BCUT2D eigenvalue weighted by Gasteiger charge is -2.10. The maximum atomic E-state index is 10.6. The zero-order valence-electron chi connectivity index (χ0n) is 7.13. The molecule has 0 aromatic rings. The van der Waals surface area contributed by atoms with E-state index in [2.05, 4.69) is 4.74 Å². The van der Waals surface area contributed by atoms with Gasteiger partial charge in [0, 0.05) is 6.92 Å². The topological polar surface area (TPSA) is 153 Å². The van der Waals surface area contributed by atoms with Crippen LogP contribution in [0, 0.1) is 0 Å². The van der Waals surface area contributed by atoms with Gasteiger partial charge in [0.2, 0.25) is 0 Å². The summed E-state index contributed by atoms with van der Waals surface area (Å²) in [6.45, 7) is 0.901. The molecule has 0 saturated carbocycles. The number of carbonyl (C=O) groups is 3. The second-order valence-electron chi connectivity index (χ2n) is 2.14. The zero-order chi connectivity index (χ0) is 10.6. The van der Waals surface area contributed by atoms with Gasteiger partial charge in [-0.1, -0.05) is 0 Å². The molecule has 0 radical (unpaired) electrons. The van der Waals surface area contributed by atoms with Crippen molar-refractivity contribution in [2.24, 2.45) is 0 Å². The molecule has 0 aromatic carbocycles. The Balaban J connectivity index is 0. The van der Waals surface area contributed by atoms with E-state index >= 15 is 0 Å². The highest BCUT2D eigenvalue weighted by Gasteiger charge is 2.32. The standard InChI is InChI=1S/C6H8O7.H2O/c1-2(7)13-6(12)4(9)3(8)5(10)11;/h3-4,8-9H,1H3,(H,10,11);1H2. The minimum atomic E-state index is -2.30. The Labute approximate surface area is 78.0 Å². The maximum Gasteiger partial charge on any atom is 0.345 e. The summed E-state index contributed by atoms with van der Waals surface area (Å²) in [7, 11) is 0. The third kappa shape index (κ3) is 4.50. The molecule has 0 aliphatic rings. The van der Waals surface area contributed by atoms with Gasteiger partial charge < -0.3 is 25.5 Å². The number of rotatable bonds is 3. The average Bonchev–Trinajstić information content (AvgIpc) is 2.00. The van der Waals surface area contributed by atoms with E-state index in [1.165, 1.54) is 0 Å². The van der Waals surface area contributed by atoms with E-state index in [1.807, 2.05) is 0 Å². The summed E-state index contributed by atoms with van der Waals surface area (Å²) in [5.41, 5.74) is 0. The third-order valence-electron chi connectivity index (χ3n) is 1.04. The summed E-state index contributed by atoms with van der Waals surface area (Å²) >= 11 is 0. The number of carboxylic acid groups (broad SMARTS) is 1. The van der Waals surface area contributed by atoms with E-state index in [1.54, 1.807) is 0 Å². The molecule has 0 aliphatic heterocycles. The third-order valence-corrected chi connectivity index (χ3v) is 1.04. The number of aliphatic hydroxyl groups is 2. The Morgan fingerprint density at radius 3 is 1.86 bits per heavy atom. The molecule has 0 spiro atoms. The predicted octanol–water partition coefficient (Wildman–Crippen LogP) is -2.94. The van der Waals surface area contributed by atoms with E-state index in [9.17, 15) is 14.4 Å². The van der Waals surface area contributed by atoms with Gasteiger partial charge in [-0.25, -0.2) is 9.59 Å². The fourth-order valence-corrected chi connectivity index (χ4v) is 0.466. The molecule has 14 heavy (non-hydrogen) atoms. The van der Waals surface area contributed by atoms with Gasteiger partial charge in [0.25, 0.3) is 0 Å². The van der Waals surface area contributed by atoms with Crippen molar-refractivity contribution in [3.8, 4) is 0 Å². The van der Waals surface area contributed by atoms with E-state index in [-0.39, 0.29) is 5.48 Å². The summed E-state index contributed by atoms with van der Waals surface area (Å²) < 4.78 is 3.83. The molecule has 0 fully saturated rings. The molecule has 0 saturated heterocycles. The van der Waals surface area contributed by atoms with Crippen LogP contribution in [0.15, 0.2) is 0 Å². The molecule has 2 unspecified atom stereocenters. The number of hydrogen-bond donors (Lipinski definition) is 3. The van der Waals surface area contributed by atoms with Gasteiger partial charge >= 0.3 is 17.9 Å². The van der Waals surface area contributed by atoms with E-state index < -0.39 is 30.1 Å². The molecule has 5 N–H and O–H groups in total. The van der Waals surface area contributed by atoms with E-state index in [4.69, 9.17) is 15.3 Å². The lowest BCUT2D eigenvalue weighted by atomic mass is 10.2. The number of ether oxygens (including phenoxy) is 1. The Kier molecular flexibility index (Phi) is 6.45. The van der Waals surface area contributed by atoms with Gasteiger partial charge in [-0.05, 0) is 0 Å². The normalized spacial score (nSPS) is 13.4. The molecule has 0 aromatic heterocycles. The first-order chi connectivity index (χ1) is 5.86. The lowest BCUT2D eigenvalue weighted by molar-refractivity contribution is -0.174. The fourth-order valence-electron chi connectivity index (χ4n) is 0.466. The summed E-state index contributed by atoms with van der Waals surface area (Å²) in [6, 6.07) is 0. The molecule has 0 heterocycles. The van der Waals surface area contributed by atoms with E-state index in [0.717, 1.165) is 6.92 Å². The molecule has 8 heteroatoms. The van der Waals surface area contributed by atoms with Crippen molar-refractivity contribution < 1.29 is 39.9 Å². The highest BCUT2D eigenvalue weighted by molar-refractivity contribution is 5.90. The van der Waals surface area contributed by atoms with Crippen molar-refractivity contribution in [1.29, 1.82) is 0 Å². The number of aliphatic carboxylic acids is 1. The van der Waals surface area contributed by atoms with Crippen molar-refractivity contribution >= 4 is 17.9 Å². The number of carboxylic acids is 1.